The second-order valence-electron chi connectivity index (χ2n) is 9.43. The van der Waals surface area contributed by atoms with Gasteiger partial charge in [-0.25, -0.2) is 25.6 Å². The van der Waals surface area contributed by atoms with Gasteiger partial charge in [-0.1, -0.05) is 0 Å². The van der Waals surface area contributed by atoms with Crippen LogP contribution in [-0.4, -0.2) is 71.9 Å². The third kappa shape index (κ3) is 6.29. The smallest absolute Gasteiger partial charge is 0.257 e. The molecule has 0 saturated carbocycles. The van der Waals surface area contributed by atoms with Crippen LogP contribution in [0.15, 0.2) is 40.1 Å². The van der Waals surface area contributed by atoms with E-state index < -0.39 is 47.7 Å². The summed E-state index contributed by atoms with van der Waals surface area (Å²) in [7, 11) is -7.36. The lowest BCUT2D eigenvalue weighted by Crippen LogP contribution is -2.49. The first-order chi connectivity index (χ1) is 16.0. The zero-order valence-corrected chi connectivity index (χ0v) is 21.8. The zero-order valence-electron chi connectivity index (χ0n) is 20.1. The average molecular weight is 531 g/mol. The minimum Gasteiger partial charge on any atom is -0.487 e. The Hall–Kier alpha value is -2.73. The van der Waals surface area contributed by atoms with Crippen molar-refractivity contribution in [2.24, 2.45) is 0 Å². The Morgan fingerprint density at radius 3 is 1.83 bits per heavy atom. The summed E-state index contributed by atoms with van der Waals surface area (Å²) in [6.07, 6.45) is 1.90. The van der Waals surface area contributed by atoms with Gasteiger partial charge in [0.05, 0.1) is 15.4 Å². The summed E-state index contributed by atoms with van der Waals surface area (Å²) in [6, 6.07) is 5.64. The molecule has 2 aromatic rings. The molecule has 35 heavy (non-hydrogen) atoms. The maximum absolute atomic E-state index is 14.6. The number of hydrogen-bond donors (Lipinski definition) is 0. The molecule has 0 aromatic heterocycles. The monoisotopic (exact) mass is 530 g/mol. The van der Waals surface area contributed by atoms with Crippen LogP contribution in [0.2, 0.25) is 0 Å². The van der Waals surface area contributed by atoms with Gasteiger partial charge in [0.2, 0.25) is 0 Å². The molecule has 0 spiro atoms. The van der Waals surface area contributed by atoms with E-state index in [4.69, 9.17) is 4.74 Å². The molecule has 0 unspecified atom stereocenters. The number of hydrogen-bond acceptors (Lipinski definition) is 7. The second kappa shape index (κ2) is 9.38. The fraction of sp³-hybridized carbons (Fsp3) is 0.435. The van der Waals surface area contributed by atoms with Crippen molar-refractivity contribution < 1.29 is 35.1 Å². The van der Waals surface area contributed by atoms with E-state index >= 15 is 0 Å². The van der Waals surface area contributed by atoms with Crippen LogP contribution in [0.5, 0.6) is 5.75 Å². The van der Waals surface area contributed by atoms with Crippen molar-refractivity contribution in [3.05, 3.63) is 47.5 Å². The molecule has 1 aliphatic heterocycles. The van der Waals surface area contributed by atoms with Crippen LogP contribution < -0.4 is 9.64 Å². The van der Waals surface area contributed by atoms with Crippen LogP contribution in [0, 0.1) is 11.6 Å². The van der Waals surface area contributed by atoms with Crippen molar-refractivity contribution in [2.75, 3.05) is 43.6 Å². The minimum atomic E-state index is -3.78. The van der Waals surface area contributed by atoms with Crippen LogP contribution in [0.4, 0.5) is 14.5 Å². The lowest BCUT2D eigenvalue weighted by molar-refractivity contribution is 0.0730. The van der Waals surface area contributed by atoms with Crippen molar-refractivity contribution in [1.29, 1.82) is 0 Å². The number of benzene rings is 2. The van der Waals surface area contributed by atoms with Gasteiger partial charge in [-0.05, 0) is 51.1 Å². The number of rotatable bonds is 5. The predicted octanol–water partition coefficient (Wildman–Crippen LogP) is 2.91. The second-order valence-corrected chi connectivity index (χ2v) is 13.5. The molecule has 1 aliphatic rings. The minimum absolute atomic E-state index is 0.0316. The lowest BCUT2D eigenvalue weighted by atomic mass is 10.1. The molecule has 0 N–H and O–H groups in total. The number of piperazine rings is 1. The van der Waals surface area contributed by atoms with E-state index in [2.05, 4.69) is 0 Å². The Bertz CT molecular complexity index is 1340. The summed E-state index contributed by atoms with van der Waals surface area (Å²) in [6.45, 7) is 5.75. The first kappa shape index (κ1) is 26.9. The van der Waals surface area contributed by atoms with Gasteiger partial charge in [0.15, 0.2) is 31.3 Å². The predicted molar refractivity (Wildman–Crippen MR) is 128 cm³/mol. The standard InChI is InChI=1S/C23H28F2N2O6S2/c1-23(2,3)33-20-7-6-15(34(4,29)30)12-17(20)22(28)27-10-8-26(9-11-27)21-18(24)13-16(14-19(21)25)35(5,31)32/h6-7,12-14H,8-11H2,1-5H3. The van der Waals surface area contributed by atoms with Crippen molar-refractivity contribution in [3.8, 4) is 5.75 Å². The van der Waals surface area contributed by atoms with Gasteiger partial charge in [0.1, 0.15) is 17.0 Å². The average Bonchev–Trinajstić information content (AvgIpc) is 2.71. The molecule has 0 radical (unpaired) electrons. The topological polar surface area (TPSA) is 101 Å². The van der Waals surface area contributed by atoms with E-state index in [1.165, 1.54) is 28.0 Å². The van der Waals surface area contributed by atoms with Crippen LogP contribution in [0.25, 0.3) is 0 Å². The van der Waals surface area contributed by atoms with Crippen LogP contribution >= 0.6 is 0 Å². The van der Waals surface area contributed by atoms with Gasteiger partial charge in [0.25, 0.3) is 5.91 Å². The number of nitrogens with zero attached hydrogens (tertiary/aromatic N) is 2. The number of anilines is 1. The highest BCUT2D eigenvalue weighted by atomic mass is 32.2. The summed E-state index contributed by atoms with van der Waals surface area (Å²) in [5.41, 5.74) is -0.931. The molecular formula is C23H28F2N2O6S2. The van der Waals surface area contributed by atoms with E-state index in [0.29, 0.717) is 0 Å². The summed E-state index contributed by atoms with van der Waals surface area (Å²) in [5, 5.41) is 0. The quantitative estimate of drug-likeness (QED) is 0.586. The third-order valence-corrected chi connectivity index (χ3v) is 7.53. The Labute approximate surface area is 204 Å². The largest absolute Gasteiger partial charge is 0.487 e. The van der Waals surface area contributed by atoms with Crippen molar-refractivity contribution in [2.45, 2.75) is 36.2 Å². The number of halogens is 2. The third-order valence-electron chi connectivity index (χ3n) is 5.33. The number of sulfone groups is 2. The van der Waals surface area contributed by atoms with Gasteiger partial charge in [-0.15, -0.1) is 0 Å². The van der Waals surface area contributed by atoms with Crippen molar-refractivity contribution >= 4 is 31.3 Å². The van der Waals surface area contributed by atoms with Gasteiger partial charge in [-0.2, -0.15) is 0 Å². The van der Waals surface area contributed by atoms with E-state index in [-0.39, 0.29) is 48.1 Å². The van der Waals surface area contributed by atoms with E-state index in [1.807, 2.05) is 0 Å². The summed E-state index contributed by atoms with van der Waals surface area (Å²) in [5.74, 6) is -2.26. The Kier molecular flexibility index (Phi) is 7.20. The highest BCUT2D eigenvalue weighted by molar-refractivity contribution is 7.91. The van der Waals surface area contributed by atoms with Crippen LogP contribution in [-0.2, 0) is 19.7 Å². The number of amides is 1. The van der Waals surface area contributed by atoms with Gasteiger partial charge in [-0.3, -0.25) is 4.79 Å². The summed E-state index contributed by atoms with van der Waals surface area (Å²) < 4.78 is 82.5. The Balaban J connectivity index is 1.86. The normalized spacial score (nSPS) is 15.3. The number of ether oxygens (including phenoxy) is 1. The molecule has 12 heteroatoms. The molecule has 192 valence electrons. The molecule has 1 saturated heterocycles. The van der Waals surface area contributed by atoms with Crippen LogP contribution in [0.3, 0.4) is 0 Å². The molecule has 1 amide bonds. The highest BCUT2D eigenvalue weighted by Crippen LogP contribution is 2.30. The molecule has 2 aromatic carbocycles. The first-order valence-electron chi connectivity index (χ1n) is 10.7. The van der Waals surface area contributed by atoms with Crippen LogP contribution in [0.1, 0.15) is 31.1 Å². The van der Waals surface area contributed by atoms with Gasteiger partial charge < -0.3 is 14.5 Å². The van der Waals surface area contributed by atoms with Gasteiger partial charge >= 0.3 is 0 Å². The zero-order chi connectivity index (χ0) is 26.3. The fourth-order valence-corrected chi connectivity index (χ4v) is 4.97. The maximum Gasteiger partial charge on any atom is 0.257 e. The number of carbonyl (C=O) groups is 1. The van der Waals surface area contributed by atoms with Crippen molar-refractivity contribution in [3.63, 3.8) is 0 Å². The Morgan fingerprint density at radius 2 is 1.37 bits per heavy atom. The molecule has 0 aliphatic carbocycles. The molecule has 8 nitrogen and oxygen atoms in total. The molecular weight excluding hydrogens is 502 g/mol. The SMILES string of the molecule is CC(C)(C)Oc1ccc(S(C)(=O)=O)cc1C(=O)N1CCN(c2c(F)cc(S(C)(=O)=O)cc2F)CC1. The molecule has 0 atom stereocenters. The van der Waals surface area contributed by atoms with E-state index in [9.17, 15) is 30.4 Å². The lowest BCUT2D eigenvalue weighted by Gasteiger charge is -2.36. The first-order valence-corrected chi connectivity index (χ1v) is 14.5. The van der Waals surface area contributed by atoms with E-state index in [0.717, 1.165) is 24.6 Å². The molecule has 0 bridgehead atoms. The Morgan fingerprint density at radius 1 is 0.857 bits per heavy atom. The fourth-order valence-electron chi connectivity index (χ4n) is 3.69. The molecule has 1 fully saturated rings. The summed E-state index contributed by atoms with van der Waals surface area (Å²) in [4.78, 5) is 15.7. The molecule has 3 rings (SSSR count). The number of carbonyl (C=O) groups excluding carboxylic acids is 1. The molecule has 1 heterocycles. The van der Waals surface area contributed by atoms with Crippen molar-refractivity contribution in [1.82, 2.24) is 4.90 Å². The highest BCUT2D eigenvalue weighted by Gasteiger charge is 2.29. The summed E-state index contributed by atoms with van der Waals surface area (Å²) >= 11 is 0. The van der Waals surface area contributed by atoms with E-state index in [1.54, 1.807) is 20.8 Å². The van der Waals surface area contributed by atoms with Gasteiger partial charge in [0, 0.05) is 38.7 Å². The maximum atomic E-state index is 14.6.